The Kier molecular flexibility index (Phi) is 19.5. The SMILES string of the molecule is Cc1cccnc1-c1[c-]cccc1.[2H]c1c([2H])c([2H])c(-c2ccc(-c3[c-]cccc3)nc2)c([2H])c1[2H].[Ir].[Ir].[Ir].[c-]1cc(-c2ccccc2)ccc1-c1ccccn1.[c-]1ccc(-c2ccccc2)cc1-c1ccccn1. The van der Waals surface area contributed by atoms with E-state index in [-0.39, 0.29) is 90.0 Å². The Balaban J connectivity index is 0.000000185. The van der Waals surface area contributed by atoms with Crippen LogP contribution in [0.1, 0.15) is 12.4 Å². The summed E-state index contributed by atoms with van der Waals surface area (Å²) < 4.78 is 39.1. The van der Waals surface area contributed by atoms with Gasteiger partial charge in [-0.1, -0.05) is 150 Å². The molecule has 0 saturated heterocycles. The van der Waals surface area contributed by atoms with Crippen LogP contribution >= 0.6 is 0 Å². The average molecular weight is 1440 g/mol. The molecule has 0 bridgehead atoms. The van der Waals surface area contributed by atoms with Crippen molar-refractivity contribution in [3.63, 3.8) is 0 Å². The third-order valence-electron chi connectivity index (χ3n) is 10.2. The Morgan fingerprint density at radius 2 is 0.900 bits per heavy atom. The summed E-state index contributed by atoms with van der Waals surface area (Å²) in [6.07, 6.45) is 6.93. The number of pyridine rings is 4. The molecule has 4 heterocycles. The summed E-state index contributed by atoms with van der Waals surface area (Å²) in [5, 5.41) is 0. The van der Waals surface area contributed by atoms with E-state index in [1.54, 1.807) is 30.6 Å². The molecule has 0 atom stereocenters. The number of aryl methyl sites for hydroxylation is 1. The second kappa shape index (κ2) is 29.2. The van der Waals surface area contributed by atoms with Crippen molar-refractivity contribution in [1.82, 2.24) is 19.9 Å². The summed E-state index contributed by atoms with van der Waals surface area (Å²) in [6, 6.07) is 78.8. The fraction of sp³-hybridized carbons (Fsp3) is 0.0159. The van der Waals surface area contributed by atoms with Gasteiger partial charge in [0.05, 0.1) is 6.85 Å². The first-order chi connectivity index (χ1) is 35.2. The molecule has 0 unspecified atom stereocenters. The summed E-state index contributed by atoms with van der Waals surface area (Å²) in [5.74, 6) is 0. The van der Waals surface area contributed by atoms with Crippen LogP contribution < -0.4 is 0 Å². The maximum atomic E-state index is 7.98. The number of benzene rings is 7. The first-order valence-electron chi connectivity index (χ1n) is 24.1. The van der Waals surface area contributed by atoms with Crippen LogP contribution in [0, 0.1) is 31.2 Å². The van der Waals surface area contributed by atoms with Crippen molar-refractivity contribution in [1.29, 1.82) is 0 Å². The molecule has 11 aromatic rings. The molecule has 0 aliphatic carbocycles. The van der Waals surface area contributed by atoms with Gasteiger partial charge in [0, 0.05) is 85.1 Å². The van der Waals surface area contributed by atoms with E-state index in [1.807, 2.05) is 140 Å². The summed E-state index contributed by atoms with van der Waals surface area (Å²) in [4.78, 5) is 17.3. The van der Waals surface area contributed by atoms with Crippen LogP contribution in [0.3, 0.4) is 0 Å². The molecule has 0 saturated carbocycles. The van der Waals surface area contributed by atoms with Gasteiger partial charge in [-0.3, -0.25) is 0 Å². The van der Waals surface area contributed by atoms with Crippen molar-refractivity contribution in [2.24, 2.45) is 0 Å². The van der Waals surface area contributed by atoms with Crippen molar-refractivity contribution in [2.75, 3.05) is 0 Å². The van der Waals surface area contributed by atoms with Crippen LogP contribution in [-0.2, 0) is 60.3 Å². The molecule has 0 N–H and O–H groups in total. The summed E-state index contributed by atoms with van der Waals surface area (Å²) in [6.45, 7) is 2.06. The molecule has 0 amide bonds. The van der Waals surface area contributed by atoms with E-state index in [9.17, 15) is 0 Å². The summed E-state index contributed by atoms with van der Waals surface area (Å²) >= 11 is 0. The number of nitrogens with zero attached hydrogens (tertiary/aromatic N) is 4. The molecule has 7 aromatic carbocycles. The number of hydrogen-bond donors (Lipinski definition) is 0. The molecule has 0 spiro atoms. The van der Waals surface area contributed by atoms with Gasteiger partial charge < -0.3 is 19.9 Å². The van der Waals surface area contributed by atoms with E-state index >= 15 is 0 Å². The molecule has 4 aromatic heterocycles. The van der Waals surface area contributed by atoms with Gasteiger partial charge in [0.2, 0.25) is 0 Å². The third-order valence-corrected chi connectivity index (χ3v) is 10.2. The molecule has 0 aliphatic heterocycles. The normalized spacial score (nSPS) is 10.7. The van der Waals surface area contributed by atoms with Crippen LogP contribution in [-0.4, -0.2) is 19.9 Å². The maximum Gasteiger partial charge on any atom is 0.0629 e. The van der Waals surface area contributed by atoms with E-state index in [0.29, 0.717) is 11.3 Å². The second-order valence-corrected chi connectivity index (χ2v) is 14.8. The summed E-state index contributed by atoms with van der Waals surface area (Å²) in [7, 11) is 0. The molecule has 349 valence electrons. The average Bonchev–Trinajstić information content (AvgIpc) is 3.46. The Bertz CT molecular complexity index is 3300. The fourth-order valence-electron chi connectivity index (χ4n) is 6.82. The zero-order valence-corrected chi connectivity index (χ0v) is 44.9. The number of aromatic nitrogens is 4. The van der Waals surface area contributed by atoms with E-state index in [2.05, 4.69) is 106 Å². The number of rotatable bonds is 7. The van der Waals surface area contributed by atoms with Crippen LogP contribution in [0.4, 0.5) is 0 Å². The van der Waals surface area contributed by atoms with Gasteiger partial charge in [0.25, 0.3) is 0 Å². The third kappa shape index (κ3) is 15.8. The molecular formula is C63H46Ir3N4-4. The van der Waals surface area contributed by atoms with E-state index in [4.69, 9.17) is 6.85 Å². The Hall–Kier alpha value is -6.91. The van der Waals surface area contributed by atoms with Crippen molar-refractivity contribution in [2.45, 2.75) is 6.92 Å². The predicted octanol–water partition coefficient (Wildman–Crippen LogP) is 15.5. The maximum absolute atomic E-state index is 7.98. The monoisotopic (exact) mass is 1440 g/mol. The smallest absolute Gasteiger partial charge is 0.0629 e. The second-order valence-electron chi connectivity index (χ2n) is 14.8. The first-order valence-corrected chi connectivity index (χ1v) is 21.6. The zero-order chi connectivity index (χ0) is 50.1. The standard InChI is InChI=1S/3C17H12N.C12H10N.3Ir/c1-3-7-14(8-4-1)16-11-12-17(18-13-16)15-9-5-2-6-10-15;1-2-7-14(8-3-1)15-9-6-10-16(13-15)17-11-4-5-12-18-17;1-2-6-14(7-3-1)15-9-11-16(12-10-15)17-8-4-5-13-18-17;1-10-6-5-9-13-12(10)11-7-3-2-4-8-11;;;/h2*1-9,11-13H;1-11,13H;2-7,9H,1H3;;;/q4*-1;;;/i1D,3D,4D,7D,8D;;;;;;. The Morgan fingerprint density at radius 1 is 0.357 bits per heavy atom. The summed E-state index contributed by atoms with van der Waals surface area (Å²) in [5.41, 5.74) is 14.2. The van der Waals surface area contributed by atoms with Crippen LogP contribution in [0.2, 0.25) is 0 Å². The van der Waals surface area contributed by atoms with Gasteiger partial charge >= 0.3 is 0 Å². The molecule has 3 radical (unpaired) electrons. The molecule has 11 rings (SSSR count). The van der Waals surface area contributed by atoms with Gasteiger partial charge in [-0.2, -0.15) is 0 Å². The molecule has 0 aliphatic rings. The van der Waals surface area contributed by atoms with E-state index < -0.39 is 6.04 Å². The van der Waals surface area contributed by atoms with Crippen LogP contribution in [0.25, 0.3) is 78.4 Å². The molecular weight excluding hydrogens is 1390 g/mol. The number of hydrogen-bond acceptors (Lipinski definition) is 4. The molecule has 70 heavy (non-hydrogen) atoms. The van der Waals surface area contributed by atoms with Gasteiger partial charge in [0.1, 0.15) is 0 Å². The van der Waals surface area contributed by atoms with Crippen molar-refractivity contribution in [3.05, 3.63) is 291 Å². The minimum absolute atomic E-state index is 0. The zero-order valence-electron chi connectivity index (χ0n) is 42.7. The minimum Gasteiger partial charge on any atom is -0.305 e. The molecule has 0 fully saturated rings. The van der Waals surface area contributed by atoms with E-state index in [0.717, 1.165) is 39.3 Å². The largest absolute Gasteiger partial charge is 0.305 e. The first kappa shape index (κ1) is 46.8. The van der Waals surface area contributed by atoms with Crippen molar-refractivity contribution >= 4 is 0 Å². The van der Waals surface area contributed by atoms with Gasteiger partial charge in [-0.25, -0.2) is 0 Å². The fourth-order valence-corrected chi connectivity index (χ4v) is 6.82. The topological polar surface area (TPSA) is 51.6 Å². The Labute approximate surface area is 460 Å². The van der Waals surface area contributed by atoms with Crippen LogP contribution in [0.5, 0.6) is 0 Å². The molecule has 4 nitrogen and oxygen atoms in total. The van der Waals surface area contributed by atoms with Crippen molar-refractivity contribution < 1.29 is 67.2 Å². The quantitative estimate of drug-likeness (QED) is 0.149. The van der Waals surface area contributed by atoms with Gasteiger partial charge in [0.15, 0.2) is 0 Å². The van der Waals surface area contributed by atoms with Gasteiger partial charge in [-0.15, -0.1) is 137 Å². The minimum atomic E-state index is -0.396. The van der Waals surface area contributed by atoms with Crippen LogP contribution in [0.15, 0.2) is 261 Å². The van der Waals surface area contributed by atoms with E-state index in [1.165, 1.54) is 34.0 Å². The molecule has 7 heteroatoms. The predicted molar refractivity (Wildman–Crippen MR) is 275 cm³/mol. The Morgan fingerprint density at radius 3 is 1.46 bits per heavy atom. The van der Waals surface area contributed by atoms with Crippen molar-refractivity contribution in [3.8, 4) is 78.4 Å². The van der Waals surface area contributed by atoms with Gasteiger partial charge in [-0.05, 0) is 64.6 Å².